The Morgan fingerprint density at radius 3 is 2.42 bits per heavy atom. The van der Waals surface area contributed by atoms with Crippen LogP contribution >= 0.6 is 0 Å². The topological polar surface area (TPSA) is 94.7 Å². The number of nitrogens with zero attached hydrogens (tertiary/aromatic N) is 6. The van der Waals surface area contributed by atoms with Crippen LogP contribution in [0, 0.1) is 0 Å². The molecular formula is C28H40N6O4. The number of aromatic nitrogens is 4. The van der Waals surface area contributed by atoms with Crippen molar-refractivity contribution >= 4 is 23.1 Å². The van der Waals surface area contributed by atoms with Gasteiger partial charge in [0.2, 0.25) is 0 Å². The van der Waals surface area contributed by atoms with Crippen LogP contribution in [0.3, 0.4) is 0 Å². The molecule has 0 spiro atoms. The lowest BCUT2D eigenvalue weighted by Gasteiger charge is -2.44. The molecule has 1 fully saturated rings. The van der Waals surface area contributed by atoms with Gasteiger partial charge < -0.3 is 23.8 Å². The molecule has 1 aromatic carbocycles. The first kappa shape index (κ1) is 27.6. The van der Waals surface area contributed by atoms with Crippen LogP contribution in [0.4, 0.5) is 10.6 Å². The summed E-state index contributed by atoms with van der Waals surface area (Å²) in [6.07, 6.45) is 0.550. The Hall–Kier alpha value is -3.40. The number of imidazole rings is 1. The van der Waals surface area contributed by atoms with E-state index in [4.69, 9.17) is 14.5 Å². The van der Waals surface area contributed by atoms with Gasteiger partial charge in [0.25, 0.3) is 0 Å². The van der Waals surface area contributed by atoms with E-state index in [1.54, 1.807) is 16.5 Å². The molecule has 1 amide bonds. The number of aryl methyl sites for hydroxylation is 2. The van der Waals surface area contributed by atoms with Crippen molar-refractivity contribution in [2.75, 3.05) is 18.0 Å². The number of piperazine rings is 1. The lowest BCUT2D eigenvalue weighted by molar-refractivity contribution is 0.0130. The van der Waals surface area contributed by atoms with Crippen molar-refractivity contribution in [2.24, 2.45) is 7.05 Å². The lowest BCUT2D eigenvalue weighted by Crippen LogP contribution is -2.59. The van der Waals surface area contributed by atoms with Crippen molar-refractivity contribution in [2.45, 2.75) is 85.4 Å². The number of amides is 1. The Bertz CT molecular complexity index is 1330. The van der Waals surface area contributed by atoms with Crippen LogP contribution in [0.1, 0.15) is 59.4 Å². The molecule has 2 atom stereocenters. The zero-order valence-electron chi connectivity index (χ0n) is 23.6. The Labute approximate surface area is 224 Å². The monoisotopic (exact) mass is 524 g/mol. The van der Waals surface area contributed by atoms with E-state index in [1.807, 2.05) is 65.0 Å². The fourth-order valence-corrected chi connectivity index (χ4v) is 4.89. The average molecular weight is 525 g/mol. The van der Waals surface area contributed by atoms with Gasteiger partial charge in [-0.3, -0.25) is 4.57 Å². The highest BCUT2D eigenvalue weighted by molar-refractivity contribution is 5.85. The quantitative estimate of drug-likeness (QED) is 0.459. The van der Waals surface area contributed by atoms with Gasteiger partial charge in [0.15, 0.2) is 5.82 Å². The zero-order chi connectivity index (χ0) is 27.6. The molecule has 10 nitrogen and oxygen atoms in total. The Balaban J connectivity index is 1.66. The van der Waals surface area contributed by atoms with Crippen LogP contribution in [0.25, 0.3) is 11.2 Å². The van der Waals surface area contributed by atoms with Gasteiger partial charge in [-0.25, -0.2) is 14.6 Å². The van der Waals surface area contributed by atoms with Gasteiger partial charge in [0, 0.05) is 38.8 Å². The number of anilines is 1. The molecule has 1 aliphatic heterocycles. The summed E-state index contributed by atoms with van der Waals surface area (Å²) >= 11 is 0. The molecule has 4 rings (SSSR count). The molecule has 3 heterocycles. The Kier molecular flexibility index (Phi) is 8.10. The van der Waals surface area contributed by atoms with Gasteiger partial charge in [0.1, 0.15) is 29.2 Å². The summed E-state index contributed by atoms with van der Waals surface area (Å²) in [6, 6.07) is 9.80. The van der Waals surface area contributed by atoms with Gasteiger partial charge in [-0.05, 0) is 46.6 Å². The number of benzene rings is 1. The first-order chi connectivity index (χ1) is 18.0. The van der Waals surface area contributed by atoms with E-state index in [-0.39, 0.29) is 23.9 Å². The maximum Gasteiger partial charge on any atom is 0.410 e. The minimum Gasteiger partial charge on any atom is -0.444 e. The number of rotatable bonds is 7. The molecule has 0 radical (unpaired) electrons. The van der Waals surface area contributed by atoms with Crippen LogP contribution in [0.15, 0.2) is 35.1 Å². The third-order valence-electron chi connectivity index (χ3n) is 6.71. The van der Waals surface area contributed by atoms with Crippen molar-refractivity contribution in [1.29, 1.82) is 0 Å². The molecule has 0 aliphatic carbocycles. The number of carbonyl (C=O) groups is 1. The van der Waals surface area contributed by atoms with Crippen molar-refractivity contribution < 1.29 is 14.3 Å². The van der Waals surface area contributed by atoms with Gasteiger partial charge in [0.05, 0.1) is 6.61 Å². The summed E-state index contributed by atoms with van der Waals surface area (Å²) in [6.45, 7) is 14.2. The minimum atomic E-state index is -0.568. The number of ether oxygens (including phenoxy) is 2. The molecule has 2 aromatic heterocycles. The van der Waals surface area contributed by atoms with E-state index in [1.165, 1.54) is 0 Å². The molecule has 1 saturated heterocycles. The van der Waals surface area contributed by atoms with Crippen LogP contribution in [0.2, 0.25) is 0 Å². The van der Waals surface area contributed by atoms with E-state index in [2.05, 4.69) is 21.4 Å². The molecule has 0 bridgehead atoms. The molecule has 0 unspecified atom stereocenters. The molecule has 206 valence electrons. The molecule has 0 N–H and O–H groups in total. The summed E-state index contributed by atoms with van der Waals surface area (Å²) in [4.78, 5) is 39.2. The van der Waals surface area contributed by atoms with Crippen molar-refractivity contribution in [3.63, 3.8) is 0 Å². The molecule has 0 saturated carbocycles. The molecular weight excluding hydrogens is 484 g/mol. The summed E-state index contributed by atoms with van der Waals surface area (Å²) in [5, 5.41) is 0. The maximum atomic E-state index is 13.0. The van der Waals surface area contributed by atoms with Gasteiger partial charge in [-0.15, -0.1) is 0 Å². The third-order valence-corrected chi connectivity index (χ3v) is 6.71. The van der Waals surface area contributed by atoms with E-state index in [9.17, 15) is 9.59 Å². The number of hydrogen-bond acceptors (Lipinski definition) is 7. The second-order valence-corrected chi connectivity index (χ2v) is 11.1. The summed E-state index contributed by atoms with van der Waals surface area (Å²) in [7, 11) is 1.73. The highest BCUT2D eigenvalue weighted by Crippen LogP contribution is 2.29. The maximum absolute atomic E-state index is 13.0. The lowest BCUT2D eigenvalue weighted by atomic mass is 10.1. The van der Waals surface area contributed by atoms with Crippen molar-refractivity contribution in [3.05, 3.63) is 52.2 Å². The normalized spacial score (nSPS) is 18.3. The summed E-state index contributed by atoms with van der Waals surface area (Å²) in [5.74, 6) is 1.31. The number of hydrogen-bond donors (Lipinski definition) is 0. The van der Waals surface area contributed by atoms with Gasteiger partial charge in [-0.1, -0.05) is 37.3 Å². The van der Waals surface area contributed by atoms with Crippen LogP contribution < -0.4 is 10.6 Å². The van der Waals surface area contributed by atoms with E-state index < -0.39 is 5.60 Å². The predicted molar refractivity (Wildman–Crippen MR) is 147 cm³/mol. The Morgan fingerprint density at radius 1 is 1.05 bits per heavy atom. The van der Waals surface area contributed by atoms with Crippen LogP contribution in [-0.2, 0) is 36.3 Å². The largest absolute Gasteiger partial charge is 0.444 e. The first-order valence-corrected chi connectivity index (χ1v) is 13.3. The van der Waals surface area contributed by atoms with Gasteiger partial charge in [-0.2, -0.15) is 4.98 Å². The molecule has 3 aromatic rings. The first-order valence-electron chi connectivity index (χ1n) is 13.3. The van der Waals surface area contributed by atoms with Crippen molar-refractivity contribution in [1.82, 2.24) is 24.0 Å². The third kappa shape index (κ3) is 5.85. The molecule has 10 heteroatoms. The fraction of sp³-hybridized carbons (Fsp3) is 0.571. The summed E-state index contributed by atoms with van der Waals surface area (Å²) < 4.78 is 15.3. The highest BCUT2D eigenvalue weighted by Gasteiger charge is 2.36. The Morgan fingerprint density at radius 2 is 1.76 bits per heavy atom. The SMILES string of the molecule is CCCn1c(COCc2ccccc2)nc2c(N3C[C@@H](C)N(C(=O)OC(C)(C)C)C[C@@H]3C)nc(=O)n(C)c21. The van der Waals surface area contributed by atoms with E-state index in [0.717, 1.165) is 23.5 Å². The standard InChI is InChI=1S/C28H40N6O4/c1-8-14-32-22(18-37-17-21-12-10-9-11-13-21)29-23-24(30-26(35)31(7)25(23)32)33-15-20(3)34(16-19(33)2)27(36)38-28(4,5)6/h9-13,19-20H,8,14-18H2,1-7H3/t19-,20+/m0/s1. The summed E-state index contributed by atoms with van der Waals surface area (Å²) in [5.41, 5.74) is 1.59. The molecule has 1 aliphatic rings. The predicted octanol–water partition coefficient (Wildman–Crippen LogP) is 4.09. The highest BCUT2D eigenvalue weighted by atomic mass is 16.6. The van der Waals surface area contributed by atoms with E-state index in [0.29, 0.717) is 44.2 Å². The van der Waals surface area contributed by atoms with E-state index >= 15 is 0 Å². The van der Waals surface area contributed by atoms with Crippen LogP contribution in [0.5, 0.6) is 0 Å². The van der Waals surface area contributed by atoms with Crippen molar-refractivity contribution in [3.8, 4) is 0 Å². The number of fused-ring (bicyclic) bond motifs is 1. The van der Waals surface area contributed by atoms with Gasteiger partial charge >= 0.3 is 11.8 Å². The average Bonchev–Trinajstić information content (AvgIpc) is 3.21. The second-order valence-electron chi connectivity index (χ2n) is 11.1. The fourth-order valence-electron chi connectivity index (χ4n) is 4.89. The zero-order valence-corrected chi connectivity index (χ0v) is 23.6. The minimum absolute atomic E-state index is 0.0874. The van der Waals surface area contributed by atoms with Crippen LogP contribution in [-0.4, -0.2) is 60.9 Å². The smallest absolute Gasteiger partial charge is 0.410 e. The second kappa shape index (κ2) is 11.1. The number of carbonyl (C=O) groups excluding carboxylic acids is 1. The molecule has 38 heavy (non-hydrogen) atoms.